The molecule has 4 fully saturated rings. The minimum absolute atomic E-state index is 0.0685. The molecule has 7 atom stereocenters. The van der Waals surface area contributed by atoms with Crippen molar-refractivity contribution in [3.63, 3.8) is 0 Å². The van der Waals surface area contributed by atoms with E-state index in [1.807, 2.05) is 13.8 Å². The summed E-state index contributed by atoms with van der Waals surface area (Å²) in [4.78, 5) is 24.5. The first-order chi connectivity index (χ1) is 13.0. The molecular weight excluding hydrogens is 360 g/mol. The zero-order valence-electron chi connectivity index (χ0n) is 17.4. The number of carbonyl (C=O) groups excluding carboxylic acids is 2. The molecule has 4 rings (SSSR count). The highest BCUT2D eigenvalue weighted by Gasteiger charge is 2.57. The summed E-state index contributed by atoms with van der Waals surface area (Å²) in [6.45, 7) is 11.6. The van der Waals surface area contributed by atoms with E-state index in [0.717, 1.165) is 38.5 Å². The summed E-state index contributed by atoms with van der Waals surface area (Å²) in [7, 11) is 0. The van der Waals surface area contributed by atoms with Gasteiger partial charge in [0.25, 0.3) is 0 Å². The quantitative estimate of drug-likeness (QED) is 0.386. The van der Waals surface area contributed by atoms with Crippen molar-refractivity contribution < 1.29 is 28.5 Å². The maximum absolute atomic E-state index is 12.7. The molecule has 0 amide bonds. The Hall–Kier alpha value is -1.40. The molecule has 0 N–H and O–H groups in total. The number of epoxide rings is 1. The minimum Gasteiger partial charge on any atom is -0.459 e. The molecule has 0 aromatic rings. The fourth-order valence-corrected chi connectivity index (χ4v) is 5.32. The first-order valence-electron chi connectivity index (χ1n) is 10.5. The van der Waals surface area contributed by atoms with Crippen molar-refractivity contribution in [2.75, 3.05) is 0 Å². The van der Waals surface area contributed by atoms with Gasteiger partial charge in [-0.3, -0.25) is 4.79 Å². The third-order valence-electron chi connectivity index (χ3n) is 7.49. The van der Waals surface area contributed by atoms with Crippen molar-refractivity contribution in [3.05, 3.63) is 12.2 Å². The summed E-state index contributed by atoms with van der Waals surface area (Å²) >= 11 is 0. The number of fused-ring (bicyclic) bond motifs is 7. The van der Waals surface area contributed by atoms with Crippen molar-refractivity contribution in [2.24, 2.45) is 5.92 Å². The van der Waals surface area contributed by atoms with Crippen molar-refractivity contribution in [2.45, 2.75) is 108 Å². The van der Waals surface area contributed by atoms with Gasteiger partial charge in [-0.2, -0.15) is 0 Å². The molecule has 4 heterocycles. The predicted molar refractivity (Wildman–Crippen MR) is 102 cm³/mol. The third kappa shape index (κ3) is 3.39. The molecule has 28 heavy (non-hydrogen) atoms. The number of hydrogen-bond acceptors (Lipinski definition) is 6. The second kappa shape index (κ2) is 6.56. The number of carbonyl (C=O) groups is 2. The van der Waals surface area contributed by atoms with Crippen molar-refractivity contribution in [1.29, 1.82) is 0 Å². The smallest absolute Gasteiger partial charge is 0.334 e. The molecule has 0 radical (unpaired) electrons. The van der Waals surface area contributed by atoms with Crippen LogP contribution < -0.4 is 0 Å². The topological polar surface area (TPSA) is 74.4 Å². The third-order valence-corrected chi connectivity index (χ3v) is 7.49. The highest BCUT2D eigenvalue weighted by atomic mass is 16.6. The van der Waals surface area contributed by atoms with Gasteiger partial charge < -0.3 is 18.9 Å². The van der Waals surface area contributed by atoms with Crippen LogP contribution in [0.2, 0.25) is 0 Å². The Morgan fingerprint density at radius 2 is 1.64 bits per heavy atom. The van der Waals surface area contributed by atoms with Crippen LogP contribution in [0.5, 0.6) is 0 Å². The Bertz CT molecular complexity index is 703. The number of esters is 2. The van der Waals surface area contributed by atoms with E-state index in [0.29, 0.717) is 12.0 Å². The van der Waals surface area contributed by atoms with Gasteiger partial charge >= 0.3 is 11.9 Å². The largest absolute Gasteiger partial charge is 0.459 e. The molecule has 0 aromatic carbocycles. The van der Waals surface area contributed by atoms with Crippen LogP contribution in [0.3, 0.4) is 0 Å². The van der Waals surface area contributed by atoms with Gasteiger partial charge in [0.15, 0.2) is 0 Å². The molecule has 0 spiro atoms. The molecular formula is C22H32O6. The van der Waals surface area contributed by atoms with Crippen LogP contribution in [0.15, 0.2) is 12.2 Å². The Morgan fingerprint density at radius 3 is 2.36 bits per heavy atom. The van der Waals surface area contributed by atoms with E-state index in [9.17, 15) is 9.59 Å². The summed E-state index contributed by atoms with van der Waals surface area (Å²) in [5.74, 6) is -0.551. The molecule has 0 aromatic heterocycles. The van der Waals surface area contributed by atoms with E-state index in [1.54, 1.807) is 0 Å². The van der Waals surface area contributed by atoms with Gasteiger partial charge in [-0.15, -0.1) is 0 Å². The van der Waals surface area contributed by atoms with Crippen LogP contribution >= 0.6 is 0 Å². The molecule has 4 aliphatic heterocycles. The van der Waals surface area contributed by atoms with Crippen LogP contribution in [-0.4, -0.2) is 47.1 Å². The van der Waals surface area contributed by atoms with Crippen molar-refractivity contribution in [3.8, 4) is 0 Å². The van der Waals surface area contributed by atoms with E-state index >= 15 is 0 Å². The highest BCUT2D eigenvalue weighted by molar-refractivity contribution is 5.89. The first-order valence-corrected chi connectivity index (χ1v) is 10.5. The van der Waals surface area contributed by atoms with Crippen molar-refractivity contribution >= 4 is 11.9 Å². The first kappa shape index (κ1) is 19.9. The van der Waals surface area contributed by atoms with Crippen LogP contribution in [0.25, 0.3) is 0 Å². The van der Waals surface area contributed by atoms with Crippen LogP contribution in [0, 0.1) is 5.92 Å². The van der Waals surface area contributed by atoms with E-state index in [4.69, 9.17) is 18.9 Å². The molecule has 6 nitrogen and oxygen atoms in total. The van der Waals surface area contributed by atoms with Crippen molar-refractivity contribution in [1.82, 2.24) is 0 Å². The lowest BCUT2D eigenvalue weighted by Crippen LogP contribution is -2.48. The summed E-state index contributed by atoms with van der Waals surface area (Å²) in [5.41, 5.74) is -0.990. The normalized spacial score (nSPS) is 48.4. The fourth-order valence-electron chi connectivity index (χ4n) is 5.32. The Morgan fingerprint density at radius 1 is 1.00 bits per heavy atom. The second-order valence-corrected chi connectivity index (χ2v) is 9.71. The average molecular weight is 392 g/mol. The summed E-state index contributed by atoms with van der Waals surface area (Å²) < 4.78 is 24.2. The van der Waals surface area contributed by atoms with Crippen LogP contribution in [-0.2, 0) is 28.5 Å². The zero-order chi connectivity index (χ0) is 20.3. The lowest BCUT2D eigenvalue weighted by molar-refractivity contribution is -0.195. The van der Waals surface area contributed by atoms with E-state index in [1.165, 1.54) is 6.92 Å². The molecule has 4 saturated heterocycles. The molecule has 0 saturated carbocycles. The van der Waals surface area contributed by atoms with Gasteiger partial charge in [-0.1, -0.05) is 6.58 Å². The molecule has 6 heteroatoms. The maximum atomic E-state index is 12.7. The number of rotatable bonds is 1. The maximum Gasteiger partial charge on any atom is 0.334 e. The minimum atomic E-state index is -0.699. The van der Waals surface area contributed by atoms with Gasteiger partial charge in [0.1, 0.15) is 17.3 Å². The molecule has 4 bridgehead atoms. The molecule has 4 aliphatic rings. The van der Waals surface area contributed by atoms with Gasteiger partial charge in [-0.25, -0.2) is 4.79 Å². The number of hydrogen-bond donors (Lipinski definition) is 0. The predicted octanol–water partition coefficient (Wildman–Crippen LogP) is 3.47. The standard InChI is InChI=1S/C22H32O6/c1-13-15-6-9-21(4,28-19(13)24)17-8-11-20(3,26-17)16(25-14(2)23)7-10-22(5)18(12-15)27-22/h15-18H,1,6-12H2,2-5H3/t15-,16+,17+,18-,20-,21-,22+/m1/s1. The van der Waals surface area contributed by atoms with Crippen LogP contribution in [0.1, 0.15) is 72.6 Å². The van der Waals surface area contributed by atoms with Gasteiger partial charge in [0, 0.05) is 12.5 Å². The van der Waals surface area contributed by atoms with E-state index in [2.05, 4.69) is 13.5 Å². The zero-order valence-corrected chi connectivity index (χ0v) is 17.4. The average Bonchev–Trinajstić information content (AvgIpc) is 3.09. The Balaban J connectivity index is 1.67. The van der Waals surface area contributed by atoms with E-state index in [-0.39, 0.29) is 41.8 Å². The van der Waals surface area contributed by atoms with Gasteiger partial charge in [0.05, 0.1) is 17.8 Å². The van der Waals surface area contributed by atoms with E-state index < -0.39 is 11.2 Å². The highest BCUT2D eigenvalue weighted by Crippen LogP contribution is 2.50. The Kier molecular flexibility index (Phi) is 4.66. The van der Waals surface area contributed by atoms with Crippen LogP contribution in [0.4, 0.5) is 0 Å². The molecule has 0 unspecified atom stereocenters. The summed E-state index contributed by atoms with van der Waals surface area (Å²) in [6.07, 6.45) is 4.89. The monoisotopic (exact) mass is 392 g/mol. The lowest BCUT2D eigenvalue weighted by atomic mass is 9.82. The fraction of sp³-hybridized carbons (Fsp3) is 0.818. The summed E-state index contributed by atoms with van der Waals surface area (Å²) in [5, 5.41) is 0. The summed E-state index contributed by atoms with van der Waals surface area (Å²) in [6, 6.07) is 0. The number of ether oxygens (including phenoxy) is 4. The lowest BCUT2D eigenvalue weighted by Gasteiger charge is -2.38. The van der Waals surface area contributed by atoms with Gasteiger partial charge in [0.2, 0.25) is 0 Å². The molecule has 0 aliphatic carbocycles. The Labute approximate surface area is 166 Å². The second-order valence-electron chi connectivity index (χ2n) is 9.71. The SMILES string of the molecule is C=C1C(=O)O[C@]2(C)CC[C@@H]1C[C@H]1O[C@@]1(C)CC[C@H](OC(C)=O)[C@@]1(C)CC[C@@H]2O1. The molecule has 156 valence electrons. The van der Waals surface area contributed by atoms with Gasteiger partial charge in [-0.05, 0) is 71.6 Å².